The molecule has 13 rings (SSSR count). The second kappa shape index (κ2) is 54.1. The van der Waals surface area contributed by atoms with Crippen molar-refractivity contribution < 1.29 is 249 Å². The van der Waals surface area contributed by atoms with E-state index in [2.05, 4.69) is 29.1 Å². The second-order valence-corrected chi connectivity index (χ2v) is 31.5. The molecule has 0 aromatic heterocycles. The number of carbonyl (C=O) groups is 24. The number of nitro groups is 1. The van der Waals surface area contributed by atoms with Crippen LogP contribution in [0.4, 0.5) is 35.9 Å². The SMILES string of the molecule is CNC(=O)CCCc1ccc(N2C(=O)C=CC2=O)cc1.O=C(CCCN1C(=O)C=CC1=O)ON1C(=O)CC(S(=O)(=O)[O-])C1=O.O=C(CCCN1C(=O)C=CC1=O)ON1C(=O)CCC1=O.O=C(CCCc1ccc(N2C(=O)C=CC2=O)cc1)ON1C(=O)CC(SOO[O-])C1=O.O=C(CCCc1ccc(N2C(=O)C=CC2=O)cc1)ON1C(=O)CCC1=O.[N-]=[N+]=C(C(=O)Oc1ccc([N+](=O)[O-])cc1)C(F)(F)F.[Na+].[Na+]. The Labute approximate surface area is 840 Å². The first kappa shape index (κ1) is 115. The first-order valence-corrected chi connectivity index (χ1v) is 42.9. The number of hydroxylamine groups is 8. The zero-order valence-corrected chi connectivity index (χ0v) is 79.6. The Bertz CT molecular complexity index is 5850. The molecule has 141 heavy (non-hydrogen) atoms. The molecule has 4 aromatic rings. The molecule has 19 amide bonds. The number of nitro benzene ring substituents is 1. The zero-order chi connectivity index (χ0) is 102. The number of hydrogen-bond donors (Lipinski definition) is 1. The van der Waals surface area contributed by atoms with Gasteiger partial charge in [-0.3, -0.25) is 116 Å². The van der Waals surface area contributed by atoms with E-state index >= 15 is 0 Å². The minimum Gasteiger partial charge on any atom is -0.747 e. The van der Waals surface area contributed by atoms with Crippen LogP contribution in [0, 0.1) is 10.1 Å². The van der Waals surface area contributed by atoms with Crippen LogP contribution in [0.5, 0.6) is 5.75 Å². The summed E-state index contributed by atoms with van der Waals surface area (Å²) in [4.78, 5) is 311. The second-order valence-electron chi connectivity index (χ2n) is 29.1. The summed E-state index contributed by atoms with van der Waals surface area (Å²) >= 11 is 0.365. The van der Waals surface area contributed by atoms with E-state index in [0.717, 1.165) is 103 Å². The smallest absolute Gasteiger partial charge is 0.747 e. The van der Waals surface area contributed by atoms with Crippen molar-refractivity contribution in [1.29, 1.82) is 0 Å². The maximum Gasteiger partial charge on any atom is 1.00 e. The predicted octanol–water partition coefficient (Wildman–Crippen LogP) is -5.01. The minimum absolute atomic E-state index is 0. The molecule has 0 aliphatic carbocycles. The van der Waals surface area contributed by atoms with Crippen molar-refractivity contribution in [1.82, 2.24) is 35.4 Å². The van der Waals surface area contributed by atoms with E-state index < -0.39 is 156 Å². The van der Waals surface area contributed by atoms with Crippen molar-refractivity contribution in [2.24, 2.45) is 0 Å². The number of halogens is 3. The number of aryl methyl sites for hydroxylation is 3. The van der Waals surface area contributed by atoms with E-state index in [9.17, 15) is 157 Å². The Balaban J connectivity index is 0.000000260. The van der Waals surface area contributed by atoms with Gasteiger partial charge >= 0.3 is 101 Å². The molecule has 0 saturated carbocycles. The molecule has 0 bridgehead atoms. The fourth-order valence-corrected chi connectivity index (χ4v) is 13.8. The number of non-ortho nitro benzene ring substituents is 1. The summed E-state index contributed by atoms with van der Waals surface area (Å²) in [5.41, 5.74) is 10.00. The van der Waals surface area contributed by atoms with E-state index in [4.69, 9.17) is 15.2 Å². The number of carbonyl (C=O) groups excluding carboxylic acids is 24. The first-order chi connectivity index (χ1) is 65.8. The molecule has 2 atom stereocenters. The zero-order valence-electron chi connectivity index (χ0n) is 73.9. The van der Waals surface area contributed by atoms with Crippen LogP contribution in [-0.4, -0.2) is 237 Å². The van der Waals surface area contributed by atoms with E-state index in [1.165, 1.54) is 36.5 Å². The Hall–Kier alpha value is -14.6. The maximum absolute atomic E-state index is 12.2. The van der Waals surface area contributed by atoms with Gasteiger partial charge in [-0.15, -0.1) is 20.3 Å². The number of amides is 19. The van der Waals surface area contributed by atoms with Crippen molar-refractivity contribution in [3.63, 3.8) is 0 Å². The summed E-state index contributed by atoms with van der Waals surface area (Å²) in [5, 5.41) is 24.0. The number of nitrogens with one attached hydrogen (secondary N) is 1. The summed E-state index contributed by atoms with van der Waals surface area (Å²) in [6.07, 6.45) is 9.40. The van der Waals surface area contributed by atoms with E-state index in [-0.39, 0.29) is 189 Å². The summed E-state index contributed by atoms with van der Waals surface area (Å²) in [7, 11) is -3.42. The van der Waals surface area contributed by atoms with Gasteiger partial charge in [0.25, 0.3) is 112 Å². The monoisotopic (exact) mass is 2020 g/mol. The van der Waals surface area contributed by atoms with Gasteiger partial charge < -0.3 is 44.7 Å². The van der Waals surface area contributed by atoms with Gasteiger partial charge in [-0.1, -0.05) is 36.4 Å². The summed E-state index contributed by atoms with van der Waals surface area (Å²) in [6, 6.07) is 24.6. The summed E-state index contributed by atoms with van der Waals surface area (Å²) in [6.45, 7) is 0.0148. The number of ether oxygens (including phenoxy) is 1. The maximum atomic E-state index is 12.2. The molecular weight excluding hydrogens is 1950 g/mol. The molecule has 9 aliphatic heterocycles. The number of benzene rings is 4. The fourth-order valence-electron chi connectivity index (χ4n) is 12.5. The first-order valence-electron chi connectivity index (χ1n) is 40.7. The molecule has 0 radical (unpaired) electrons. The molecule has 2 unspecified atom stereocenters. The molecule has 50 nitrogen and oxygen atoms in total. The molecule has 4 aromatic carbocycles. The van der Waals surface area contributed by atoms with Crippen LogP contribution in [0.1, 0.15) is 119 Å². The molecule has 57 heteroatoms. The van der Waals surface area contributed by atoms with Crippen molar-refractivity contribution >= 4 is 193 Å². The molecule has 732 valence electrons. The Kier molecular flexibility index (Phi) is 44.1. The third-order valence-corrected chi connectivity index (χ3v) is 21.2. The van der Waals surface area contributed by atoms with E-state index in [0.29, 0.717) is 76.4 Å². The molecule has 1 N–H and O–H groups in total. The average Bonchev–Trinajstić information content (AvgIpc) is 1.65. The van der Waals surface area contributed by atoms with Crippen molar-refractivity contribution in [2.75, 3.05) is 34.8 Å². The van der Waals surface area contributed by atoms with Crippen LogP contribution >= 0.6 is 12.0 Å². The summed E-state index contributed by atoms with van der Waals surface area (Å²) < 4.78 is 77.3. The third kappa shape index (κ3) is 33.6. The number of imide groups is 9. The van der Waals surface area contributed by atoms with E-state index in [1.54, 1.807) is 67.7 Å². The van der Waals surface area contributed by atoms with Gasteiger partial charge in [0.1, 0.15) is 26.4 Å². The normalized spacial score (nSPS) is 16.7. The van der Waals surface area contributed by atoms with Gasteiger partial charge in [0.15, 0.2) is 0 Å². The topological polar surface area (TPSA) is 675 Å². The Morgan fingerprint density at radius 1 is 0.454 bits per heavy atom. The van der Waals surface area contributed by atoms with Crippen LogP contribution in [0.15, 0.2) is 158 Å². The van der Waals surface area contributed by atoms with Crippen molar-refractivity contribution in [3.8, 4) is 5.75 Å². The molecule has 4 fully saturated rings. The number of hydrogen-bond acceptors (Lipinski definition) is 38. The van der Waals surface area contributed by atoms with Crippen LogP contribution in [0.3, 0.4) is 0 Å². The molecule has 9 aliphatic rings. The van der Waals surface area contributed by atoms with Crippen LogP contribution in [0.2, 0.25) is 0 Å². The fraction of sp³-hybridized carbons (Fsp3) is 0.298. The molecule has 4 saturated heterocycles. The van der Waals surface area contributed by atoms with Crippen LogP contribution < -0.4 is 89.1 Å². The number of alkyl halides is 3. The Morgan fingerprint density at radius 3 is 1.07 bits per heavy atom. The number of nitrogens with zero attached hydrogens (tertiary/aromatic N) is 12. The standard InChI is InChI=1S/C18H16N2O9S.C18H16N2O6.C15H16N2O3.C12H12N2O9S.C12H12N2O6.C9H4F3N3O4.2Na/c21-14-8-9-15(22)19(14)12-6-4-11(5-7-12)2-1-3-17(24)27-20-16(23)10-13(18(20)25)30-29-28-26;21-14-8-9-15(22)19(14)13-6-4-12(5-7-13)2-1-3-18(25)26-20-16(23)10-11-17(20)24;1-16-13(18)4-2-3-11-5-7-12(8-6-11)17-14(19)9-10-15(17)20;15-8-3-4-9(16)13(8)5-1-2-11(18)23-14-10(17)6-7(12(14)19)24(20,21)22;15-8-3-4-9(16)13(8)7-1-2-12(19)20-14-10(17)5-6-11(14)18;10-9(11,12)7(14-13)8(16)19-6-3-1-5(2-4-6)15(17)18;;/h4-9,13,26H,1-3,10H2;4-9H,1-3,10-11H2;5-10H,2-4H2,1H3,(H,16,18);3-4,7H,1-2,5-6H2,(H,20,21,22);3-4H,1-2,5-7H2;1-4H;;/q;;;;;;2*+1/p-2. The number of anilines is 3. The predicted molar refractivity (Wildman–Crippen MR) is 447 cm³/mol. The van der Waals surface area contributed by atoms with Gasteiger partial charge in [-0.25, -0.2) is 47.1 Å². The molecule has 9 heterocycles. The molecular formula is C84H74F3N13Na2O37S2. The quantitative estimate of drug-likeness (QED) is 0.00372. The van der Waals surface area contributed by atoms with Crippen LogP contribution in [-0.2, 0) is 173 Å². The van der Waals surface area contributed by atoms with Gasteiger partial charge in [0.2, 0.25) is 5.91 Å². The third-order valence-electron chi connectivity index (χ3n) is 19.4. The van der Waals surface area contributed by atoms with Gasteiger partial charge in [-0.05, 0) is 117 Å². The average molecular weight is 2020 g/mol. The van der Waals surface area contributed by atoms with E-state index in [1.807, 2.05) is 16.9 Å². The Morgan fingerprint density at radius 2 is 0.766 bits per heavy atom. The summed E-state index contributed by atoms with van der Waals surface area (Å²) in [5.74, 6) is -15.7. The van der Waals surface area contributed by atoms with Gasteiger partial charge in [0, 0.05) is 163 Å². The molecule has 0 spiro atoms. The number of esters is 1. The van der Waals surface area contributed by atoms with Gasteiger partial charge in [-0.2, -0.15) is 22.3 Å². The van der Waals surface area contributed by atoms with Gasteiger partial charge in [0.05, 0.1) is 34.8 Å². The van der Waals surface area contributed by atoms with Crippen molar-refractivity contribution in [3.05, 3.63) is 190 Å². The van der Waals surface area contributed by atoms with Crippen molar-refractivity contribution in [2.45, 2.75) is 139 Å². The minimum atomic E-state index is -5.17. The number of rotatable bonds is 34. The largest absolute Gasteiger partial charge is 1.00 e. The van der Waals surface area contributed by atoms with Crippen LogP contribution in [0.25, 0.3) is 5.53 Å².